The van der Waals surface area contributed by atoms with Crippen molar-refractivity contribution in [1.82, 2.24) is 10.3 Å². The standard InChI is InChI=1S/C18H13FN2O3/c19-16-8-11(9-21-18(23)24)4-5-15(16)17(22)14-3-1-2-12-10-20-7-6-13(12)14/h1-8,10,21H,9H2,(H,23,24). The van der Waals surface area contributed by atoms with E-state index >= 15 is 0 Å². The number of aromatic nitrogens is 1. The second kappa shape index (κ2) is 6.45. The molecule has 0 bridgehead atoms. The van der Waals surface area contributed by atoms with Gasteiger partial charge in [0.1, 0.15) is 5.82 Å². The van der Waals surface area contributed by atoms with E-state index in [1.54, 1.807) is 30.6 Å². The molecule has 0 saturated heterocycles. The van der Waals surface area contributed by atoms with Crippen LogP contribution < -0.4 is 5.32 Å². The summed E-state index contributed by atoms with van der Waals surface area (Å²) < 4.78 is 14.3. The zero-order valence-corrected chi connectivity index (χ0v) is 12.5. The first-order valence-corrected chi connectivity index (χ1v) is 7.19. The average molecular weight is 324 g/mol. The SMILES string of the molecule is O=C(O)NCc1ccc(C(=O)c2cccc3cnccc23)c(F)c1. The number of nitrogens with zero attached hydrogens (tertiary/aromatic N) is 1. The molecule has 0 aliphatic heterocycles. The van der Waals surface area contributed by atoms with Crippen molar-refractivity contribution in [3.63, 3.8) is 0 Å². The molecular weight excluding hydrogens is 311 g/mol. The molecule has 0 unspecified atom stereocenters. The molecule has 0 spiro atoms. The van der Waals surface area contributed by atoms with Crippen LogP contribution in [-0.2, 0) is 6.54 Å². The first-order valence-electron chi connectivity index (χ1n) is 7.19. The molecule has 0 aliphatic rings. The zero-order valence-electron chi connectivity index (χ0n) is 12.5. The fourth-order valence-corrected chi connectivity index (χ4v) is 2.50. The quantitative estimate of drug-likeness (QED) is 0.721. The highest BCUT2D eigenvalue weighted by atomic mass is 19.1. The third-order valence-electron chi connectivity index (χ3n) is 3.65. The van der Waals surface area contributed by atoms with Crippen molar-refractivity contribution in [2.75, 3.05) is 0 Å². The number of halogens is 1. The normalized spacial score (nSPS) is 10.5. The van der Waals surface area contributed by atoms with E-state index in [1.165, 1.54) is 12.1 Å². The second-order valence-electron chi connectivity index (χ2n) is 5.20. The highest BCUT2D eigenvalue weighted by Crippen LogP contribution is 2.22. The average Bonchev–Trinajstić information content (AvgIpc) is 2.59. The number of rotatable bonds is 4. The number of carbonyl (C=O) groups excluding carboxylic acids is 1. The molecule has 0 atom stereocenters. The van der Waals surface area contributed by atoms with Gasteiger partial charge < -0.3 is 10.4 Å². The third-order valence-corrected chi connectivity index (χ3v) is 3.65. The van der Waals surface area contributed by atoms with Crippen molar-refractivity contribution in [2.24, 2.45) is 0 Å². The summed E-state index contributed by atoms with van der Waals surface area (Å²) in [6, 6.07) is 11.0. The molecule has 3 aromatic rings. The van der Waals surface area contributed by atoms with E-state index < -0.39 is 17.7 Å². The van der Waals surface area contributed by atoms with Crippen molar-refractivity contribution in [3.8, 4) is 0 Å². The minimum atomic E-state index is -1.19. The molecule has 1 amide bonds. The predicted molar refractivity (Wildman–Crippen MR) is 86.4 cm³/mol. The van der Waals surface area contributed by atoms with E-state index in [9.17, 15) is 14.0 Å². The van der Waals surface area contributed by atoms with Gasteiger partial charge in [0.25, 0.3) is 0 Å². The van der Waals surface area contributed by atoms with Crippen LogP contribution in [0, 0.1) is 5.82 Å². The largest absolute Gasteiger partial charge is 0.465 e. The Morgan fingerprint density at radius 2 is 1.96 bits per heavy atom. The van der Waals surface area contributed by atoms with Crippen LogP contribution in [-0.4, -0.2) is 22.0 Å². The molecule has 1 heterocycles. The smallest absolute Gasteiger partial charge is 0.404 e. The van der Waals surface area contributed by atoms with Crippen LogP contribution in [0.15, 0.2) is 54.9 Å². The number of hydrogen-bond donors (Lipinski definition) is 2. The molecule has 6 heteroatoms. The highest BCUT2D eigenvalue weighted by Gasteiger charge is 2.17. The Morgan fingerprint density at radius 3 is 2.71 bits per heavy atom. The van der Waals surface area contributed by atoms with E-state index in [0.29, 0.717) is 16.5 Å². The van der Waals surface area contributed by atoms with Crippen LogP contribution >= 0.6 is 0 Å². The van der Waals surface area contributed by atoms with Crippen molar-refractivity contribution >= 4 is 22.6 Å². The van der Waals surface area contributed by atoms with Gasteiger partial charge in [0.2, 0.25) is 0 Å². The van der Waals surface area contributed by atoms with Crippen molar-refractivity contribution < 1.29 is 19.1 Å². The lowest BCUT2D eigenvalue weighted by atomic mass is 9.97. The van der Waals surface area contributed by atoms with Crippen LogP contribution in [0.2, 0.25) is 0 Å². The minimum Gasteiger partial charge on any atom is -0.465 e. The highest BCUT2D eigenvalue weighted by molar-refractivity contribution is 6.16. The van der Waals surface area contributed by atoms with Gasteiger partial charge in [0, 0.05) is 29.9 Å². The first-order chi connectivity index (χ1) is 11.6. The summed E-state index contributed by atoms with van der Waals surface area (Å²) >= 11 is 0. The summed E-state index contributed by atoms with van der Waals surface area (Å²) in [5, 5.41) is 12.2. The Bertz CT molecular complexity index is 935. The Kier molecular flexibility index (Phi) is 4.20. The number of carboxylic acid groups (broad SMARTS) is 1. The molecule has 0 radical (unpaired) electrons. The van der Waals surface area contributed by atoms with Gasteiger partial charge in [-0.25, -0.2) is 9.18 Å². The number of ketones is 1. The van der Waals surface area contributed by atoms with Gasteiger partial charge in [0.15, 0.2) is 5.78 Å². The minimum absolute atomic E-state index is 0.0271. The van der Waals surface area contributed by atoms with Gasteiger partial charge in [-0.2, -0.15) is 0 Å². The maximum Gasteiger partial charge on any atom is 0.404 e. The first kappa shape index (κ1) is 15.6. The Morgan fingerprint density at radius 1 is 1.12 bits per heavy atom. The Hall–Kier alpha value is -3.28. The maximum atomic E-state index is 14.3. The molecule has 3 rings (SSSR count). The van der Waals surface area contributed by atoms with Gasteiger partial charge in [-0.15, -0.1) is 0 Å². The summed E-state index contributed by atoms with van der Waals surface area (Å²) in [6.07, 6.45) is 2.03. The fourth-order valence-electron chi connectivity index (χ4n) is 2.50. The van der Waals surface area contributed by atoms with Gasteiger partial charge in [0.05, 0.1) is 5.56 Å². The number of amides is 1. The summed E-state index contributed by atoms with van der Waals surface area (Å²) in [5.74, 6) is -1.11. The number of nitrogens with one attached hydrogen (secondary N) is 1. The van der Waals surface area contributed by atoms with E-state index in [0.717, 1.165) is 11.5 Å². The predicted octanol–water partition coefficient (Wildman–Crippen LogP) is 3.37. The summed E-state index contributed by atoms with van der Waals surface area (Å²) in [5.41, 5.74) is 0.775. The molecule has 0 fully saturated rings. The number of carbonyl (C=O) groups is 2. The molecule has 0 saturated carbocycles. The second-order valence-corrected chi connectivity index (χ2v) is 5.20. The van der Waals surface area contributed by atoms with Crippen LogP contribution in [0.3, 0.4) is 0 Å². The molecule has 24 heavy (non-hydrogen) atoms. The number of fused-ring (bicyclic) bond motifs is 1. The van der Waals surface area contributed by atoms with Crippen molar-refractivity contribution in [3.05, 3.63) is 77.4 Å². The molecule has 2 aromatic carbocycles. The van der Waals surface area contributed by atoms with Crippen LogP contribution in [0.25, 0.3) is 10.8 Å². The van der Waals surface area contributed by atoms with Gasteiger partial charge in [-0.3, -0.25) is 9.78 Å². The lowest BCUT2D eigenvalue weighted by molar-refractivity contribution is 0.103. The molecule has 1 aromatic heterocycles. The summed E-state index contributed by atoms with van der Waals surface area (Å²) in [6.45, 7) is -0.0271. The monoisotopic (exact) mass is 324 g/mol. The molecule has 2 N–H and O–H groups in total. The number of benzene rings is 2. The van der Waals surface area contributed by atoms with Gasteiger partial charge >= 0.3 is 6.09 Å². The molecule has 5 nitrogen and oxygen atoms in total. The molecule has 0 aliphatic carbocycles. The topological polar surface area (TPSA) is 79.3 Å². The van der Waals surface area contributed by atoms with E-state index in [2.05, 4.69) is 10.3 Å². The number of pyridine rings is 1. The van der Waals surface area contributed by atoms with Crippen LogP contribution in [0.4, 0.5) is 9.18 Å². The summed E-state index contributed by atoms with van der Waals surface area (Å²) in [4.78, 5) is 27.2. The Balaban J connectivity index is 1.96. The molecule has 120 valence electrons. The lowest BCUT2D eigenvalue weighted by Crippen LogP contribution is -2.20. The third kappa shape index (κ3) is 3.08. The van der Waals surface area contributed by atoms with E-state index in [-0.39, 0.29) is 12.1 Å². The van der Waals surface area contributed by atoms with Gasteiger partial charge in [-0.05, 0) is 29.1 Å². The Labute approximate surface area is 136 Å². The number of hydrogen-bond acceptors (Lipinski definition) is 3. The van der Waals surface area contributed by atoms with Gasteiger partial charge in [-0.1, -0.05) is 24.3 Å². The molecular formula is C18H13FN2O3. The van der Waals surface area contributed by atoms with Crippen LogP contribution in [0.1, 0.15) is 21.5 Å². The lowest BCUT2D eigenvalue weighted by Gasteiger charge is -2.08. The van der Waals surface area contributed by atoms with Crippen molar-refractivity contribution in [1.29, 1.82) is 0 Å². The van der Waals surface area contributed by atoms with Crippen molar-refractivity contribution in [2.45, 2.75) is 6.54 Å². The van der Waals surface area contributed by atoms with E-state index in [1.807, 2.05) is 6.07 Å². The van der Waals surface area contributed by atoms with Crippen LogP contribution in [0.5, 0.6) is 0 Å². The maximum absolute atomic E-state index is 14.3. The fraction of sp³-hybridized carbons (Fsp3) is 0.0556. The van der Waals surface area contributed by atoms with E-state index in [4.69, 9.17) is 5.11 Å². The summed E-state index contributed by atoms with van der Waals surface area (Å²) in [7, 11) is 0. The zero-order chi connectivity index (χ0) is 17.1.